The lowest BCUT2D eigenvalue weighted by atomic mass is 9.58. The summed E-state index contributed by atoms with van der Waals surface area (Å²) in [6.07, 6.45) is 15.1. The molecule has 22 heavy (non-hydrogen) atoms. The number of hydrogen-bond donors (Lipinski definition) is 0. The number of allylic oxidation sites excluding steroid dienone is 4. The molecule has 1 fully saturated rings. The van der Waals surface area contributed by atoms with Gasteiger partial charge in [0.1, 0.15) is 5.75 Å². The van der Waals surface area contributed by atoms with Crippen LogP contribution in [0.1, 0.15) is 43.2 Å². The molecule has 2 unspecified atom stereocenters. The van der Waals surface area contributed by atoms with E-state index in [2.05, 4.69) is 43.2 Å². The highest BCUT2D eigenvalue weighted by Crippen LogP contribution is 2.59. The maximum absolute atomic E-state index is 5.75. The minimum Gasteiger partial charge on any atom is -0.497 e. The average molecular weight is 290 g/mol. The van der Waals surface area contributed by atoms with Crippen LogP contribution >= 0.6 is 0 Å². The van der Waals surface area contributed by atoms with E-state index in [1.165, 1.54) is 29.5 Å². The average Bonchev–Trinajstić information content (AvgIpc) is 2.90. The second-order valence-corrected chi connectivity index (χ2v) is 7.03. The summed E-state index contributed by atoms with van der Waals surface area (Å²) in [5.74, 6) is 5.10. The van der Waals surface area contributed by atoms with Crippen molar-refractivity contribution in [2.75, 3.05) is 7.11 Å². The SMILES string of the molecule is C#CC1=CCC2C3=CCc4cc(OC)ccc4C3CC[C@]12C. The van der Waals surface area contributed by atoms with Crippen molar-refractivity contribution in [3.8, 4) is 18.1 Å². The van der Waals surface area contributed by atoms with E-state index in [9.17, 15) is 0 Å². The van der Waals surface area contributed by atoms with Gasteiger partial charge in [0, 0.05) is 16.9 Å². The molecule has 3 aliphatic rings. The van der Waals surface area contributed by atoms with Crippen molar-refractivity contribution in [3.05, 3.63) is 52.6 Å². The third kappa shape index (κ3) is 1.73. The number of terminal acetylenes is 1. The maximum atomic E-state index is 5.75. The first kappa shape index (κ1) is 13.7. The van der Waals surface area contributed by atoms with E-state index >= 15 is 0 Å². The maximum Gasteiger partial charge on any atom is 0.119 e. The van der Waals surface area contributed by atoms with Gasteiger partial charge in [-0.25, -0.2) is 0 Å². The van der Waals surface area contributed by atoms with Crippen LogP contribution in [-0.2, 0) is 6.42 Å². The highest BCUT2D eigenvalue weighted by Gasteiger charge is 2.48. The van der Waals surface area contributed by atoms with Crippen LogP contribution < -0.4 is 4.74 Å². The normalized spacial score (nSPS) is 32.0. The smallest absolute Gasteiger partial charge is 0.119 e. The predicted molar refractivity (Wildman–Crippen MR) is 89.9 cm³/mol. The molecule has 1 heteroatoms. The number of benzene rings is 1. The molecular weight excluding hydrogens is 268 g/mol. The minimum atomic E-state index is 0.195. The fourth-order valence-electron chi connectivity index (χ4n) is 4.88. The number of methoxy groups -OCH3 is 1. The number of rotatable bonds is 1. The molecule has 1 aromatic carbocycles. The van der Waals surface area contributed by atoms with Gasteiger partial charge in [0.2, 0.25) is 0 Å². The summed E-state index contributed by atoms with van der Waals surface area (Å²) in [6, 6.07) is 6.59. The van der Waals surface area contributed by atoms with Crippen LogP contribution in [-0.4, -0.2) is 7.11 Å². The van der Waals surface area contributed by atoms with Crippen LogP contribution in [0.3, 0.4) is 0 Å². The van der Waals surface area contributed by atoms with E-state index in [1.54, 1.807) is 12.7 Å². The highest BCUT2D eigenvalue weighted by molar-refractivity contribution is 5.50. The lowest BCUT2D eigenvalue weighted by Gasteiger charge is -2.45. The quantitative estimate of drug-likeness (QED) is 0.541. The van der Waals surface area contributed by atoms with Gasteiger partial charge < -0.3 is 4.74 Å². The molecule has 0 N–H and O–H groups in total. The van der Waals surface area contributed by atoms with Crippen molar-refractivity contribution >= 4 is 0 Å². The van der Waals surface area contributed by atoms with Crippen molar-refractivity contribution < 1.29 is 4.74 Å². The zero-order chi connectivity index (χ0) is 15.3. The highest BCUT2D eigenvalue weighted by atomic mass is 16.5. The Balaban J connectivity index is 1.73. The lowest BCUT2D eigenvalue weighted by Crippen LogP contribution is -2.35. The Labute approximate surface area is 133 Å². The zero-order valence-electron chi connectivity index (χ0n) is 13.4. The van der Waals surface area contributed by atoms with Gasteiger partial charge in [-0.05, 0) is 54.9 Å². The largest absolute Gasteiger partial charge is 0.497 e. The van der Waals surface area contributed by atoms with Crippen molar-refractivity contribution in [1.82, 2.24) is 0 Å². The van der Waals surface area contributed by atoms with E-state index in [0.29, 0.717) is 11.8 Å². The molecule has 0 spiro atoms. The summed E-state index contributed by atoms with van der Waals surface area (Å²) in [6.45, 7) is 2.37. The molecule has 0 aromatic heterocycles. The lowest BCUT2D eigenvalue weighted by molar-refractivity contribution is 0.224. The van der Waals surface area contributed by atoms with E-state index in [0.717, 1.165) is 18.6 Å². The first-order valence-corrected chi connectivity index (χ1v) is 8.21. The van der Waals surface area contributed by atoms with E-state index in [4.69, 9.17) is 11.2 Å². The van der Waals surface area contributed by atoms with Crippen molar-refractivity contribution in [2.24, 2.45) is 11.3 Å². The third-order valence-electron chi connectivity index (χ3n) is 6.14. The molecule has 112 valence electrons. The van der Waals surface area contributed by atoms with Gasteiger partial charge in [-0.2, -0.15) is 0 Å². The Morgan fingerprint density at radius 1 is 1.32 bits per heavy atom. The fourth-order valence-corrected chi connectivity index (χ4v) is 4.88. The first-order chi connectivity index (χ1) is 10.7. The van der Waals surface area contributed by atoms with Gasteiger partial charge in [0.15, 0.2) is 0 Å². The van der Waals surface area contributed by atoms with Crippen LogP contribution in [0.15, 0.2) is 41.5 Å². The molecule has 1 aromatic rings. The monoisotopic (exact) mass is 290 g/mol. The Morgan fingerprint density at radius 3 is 2.95 bits per heavy atom. The number of ether oxygens (including phenoxy) is 1. The molecule has 0 amide bonds. The van der Waals surface area contributed by atoms with Gasteiger partial charge >= 0.3 is 0 Å². The van der Waals surface area contributed by atoms with Crippen LogP contribution in [0, 0.1) is 23.7 Å². The summed E-state index contributed by atoms with van der Waals surface area (Å²) in [4.78, 5) is 0. The topological polar surface area (TPSA) is 9.23 Å². The molecule has 1 saturated carbocycles. The molecule has 0 radical (unpaired) electrons. The predicted octanol–water partition coefficient (Wildman–Crippen LogP) is 4.64. The molecule has 3 aliphatic carbocycles. The Kier molecular flexibility index (Phi) is 2.98. The van der Waals surface area contributed by atoms with Crippen molar-refractivity contribution in [1.29, 1.82) is 0 Å². The number of fused-ring (bicyclic) bond motifs is 5. The second kappa shape index (κ2) is 4.78. The molecule has 0 aliphatic heterocycles. The molecular formula is C21H22O. The third-order valence-corrected chi connectivity index (χ3v) is 6.14. The van der Waals surface area contributed by atoms with Gasteiger partial charge in [0.25, 0.3) is 0 Å². The summed E-state index contributed by atoms with van der Waals surface area (Å²) >= 11 is 0. The summed E-state index contributed by atoms with van der Waals surface area (Å²) < 4.78 is 5.38. The number of hydrogen-bond acceptors (Lipinski definition) is 1. The van der Waals surface area contributed by atoms with Crippen LogP contribution in [0.4, 0.5) is 0 Å². The first-order valence-electron chi connectivity index (χ1n) is 8.21. The Morgan fingerprint density at radius 2 is 2.18 bits per heavy atom. The molecule has 0 heterocycles. The molecule has 1 nitrogen and oxygen atoms in total. The summed E-state index contributed by atoms with van der Waals surface area (Å²) in [5.41, 5.74) is 6.00. The standard InChI is InChI=1S/C21H22O/c1-4-15-6-10-20-19-8-5-14-13-16(22-3)7-9-17(14)18(19)11-12-21(15,20)2/h1,6-9,13,18,20H,5,10-12H2,2-3H3/t18?,20?,21-/m1/s1. The minimum absolute atomic E-state index is 0.195. The van der Waals surface area contributed by atoms with Crippen LogP contribution in [0.5, 0.6) is 5.75 Å². The van der Waals surface area contributed by atoms with Crippen LogP contribution in [0.25, 0.3) is 0 Å². The van der Waals surface area contributed by atoms with E-state index in [-0.39, 0.29) is 5.41 Å². The van der Waals surface area contributed by atoms with Gasteiger partial charge in [0.05, 0.1) is 7.11 Å². The van der Waals surface area contributed by atoms with Crippen molar-refractivity contribution in [2.45, 2.75) is 38.5 Å². The van der Waals surface area contributed by atoms with E-state index in [1.807, 2.05) is 0 Å². The summed E-state index contributed by atoms with van der Waals surface area (Å²) in [5, 5.41) is 0. The van der Waals surface area contributed by atoms with Crippen LogP contribution in [0.2, 0.25) is 0 Å². The fraction of sp³-hybridized carbons (Fsp3) is 0.429. The summed E-state index contributed by atoms with van der Waals surface area (Å²) in [7, 11) is 1.74. The molecule has 0 saturated heterocycles. The zero-order valence-corrected chi connectivity index (χ0v) is 13.4. The van der Waals surface area contributed by atoms with Crippen molar-refractivity contribution in [3.63, 3.8) is 0 Å². The van der Waals surface area contributed by atoms with Gasteiger partial charge in [-0.3, -0.25) is 0 Å². The van der Waals surface area contributed by atoms with Gasteiger partial charge in [-0.15, -0.1) is 6.42 Å². The Bertz CT molecular complexity index is 731. The van der Waals surface area contributed by atoms with Gasteiger partial charge in [-0.1, -0.05) is 36.6 Å². The second-order valence-electron chi connectivity index (χ2n) is 7.03. The Hall–Kier alpha value is -1.94. The molecule has 3 atom stereocenters. The van der Waals surface area contributed by atoms with E-state index < -0.39 is 0 Å². The molecule has 4 rings (SSSR count). The molecule has 0 bridgehead atoms.